The normalized spacial score (nSPS) is 22.5. The van der Waals surface area contributed by atoms with Gasteiger partial charge in [-0.1, -0.05) is 6.07 Å². The summed E-state index contributed by atoms with van der Waals surface area (Å²) < 4.78 is 30.8. The van der Waals surface area contributed by atoms with E-state index < -0.39 is 10.1 Å². The number of fused-ring (bicyclic) bond motifs is 1. The van der Waals surface area contributed by atoms with Crippen LogP contribution in [0.4, 0.5) is 0 Å². The molecule has 0 fully saturated rings. The third kappa shape index (κ3) is 3.41. The minimum Gasteiger partial charge on any atom is -0.504 e. The van der Waals surface area contributed by atoms with Crippen molar-refractivity contribution in [2.75, 3.05) is 25.9 Å². The highest BCUT2D eigenvalue weighted by Gasteiger charge is 2.31. The molecule has 1 unspecified atom stereocenters. The lowest BCUT2D eigenvalue weighted by Gasteiger charge is -2.39. The highest BCUT2D eigenvalue weighted by atomic mass is 32.2. The molecule has 0 saturated carbocycles. The number of quaternary nitrogens is 1. The Kier molecular flexibility index (Phi) is 3.95. The van der Waals surface area contributed by atoms with Gasteiger partial charge >= 0.3 is 0 Å². The van der Waals surface area contributed by atoms with Crippen LogP contribution >= 0.6 is 0 Å². The molecule has 112 valence electrons. The molecule has 2 rings (SSSR count). The Hall–Kier alpha value is -1.31. The Bertz CT molecular complexity index is 613. The largest absolute Gasteiger partial charge is 0.504 e. The van der Waals surface area contributed by atoms with Crippen LogP contribution in [0, 0.1) is 0 Å². The molecule has 6 nitrogen and oxygen atoms in total. The van der Waals surface area contributed by atoms with E-state index in [1.165, 1.54) is 6.07 Å². The topological polar surface area (TPSA) is 94.8 Å². The third-order valence-corrected chi connectivity index (χ3v) is 4.72. The fourth-order valence-corrected chi connectivity index (χ4v) is 3.24. The van der Waals surface area contributed by atoms with E-state index in [2.05, 4.69) is 0 Å². The predicted octanol–water partition coefficient (Wildman–Crippen LogP) is 0.878. The average Bonchev–Trinajstić information content (AvgIpc) is 2.33. The quantitative estimate of drug-likeness (QED) is 0.436. The van der Waals surface area contributed by atoms with Gasteiger partial charge < -0.3 is 14.7 Å². The van der Waals surface area contributed by atoms with Crippen LogP contribution in [-0.2, 0) is 23.1 Å². The number of nitrogens with zero attached hydrogens (tertiary/aromatic N) is 1. The minimum atomic E-state index is -3.93. The molecular formula is C13H20NO5S+. The molecule has 1 aromatic rings. The molecule has 1 aliphatic rings. The van der Waals surface area contributed by atoms with Gasteiger partial charge in [0, 0.05) is 12.8 Å². The number of hydrogen-bond acceptors (Lipinski definition) is 4. The molecule has 7 heteroatoms. The van der Waals surface area contributed by atoms with Gasteiger partial charge in [0.15, 0.2) is 11.5 Å². The summed E-state index contributed by atoms with van der Waals surface area (Å²) in [7, 11) is -1.94. The van der Waals surface area contributed by atoms with E-state index in [-0.39, 0.29) is 17.3 Å². The molecule has 1 aromatic carbocycles. The molecule has 1 aliphatic heterocycles. The van der Waals surface area contributed by atoms with Crippen LogP contribution in [0.3, 0.4) is 0 Å². The van der Waals surface area contributed by atoms with Crippen molar-refractivity contribution < 1.29 is 27.7 Å². The SMILES string of the molecule is C[N+]1(CCCS(=O)(=O)O)CCc2ccc(O)c(O)c2C1. The average molecular weight is 302 g/mol. The first-order valence-corrected chi connectivity index (χ1v) is 8.12. The summed E-state index contributed by atoms with van der Waals surface area (Å²) in [5.41, 5.74) is 1.75. The first kappa shape index (κ1) is 15.1. The van der Waals surface area contributed by atoms with E-state index in [0.29, 0.717) is 24.0 Å². The molecule has 0 saturated heterocycles. The fraction of sp³-hybridized carbons (Fsp3) is 0.538. The molecule has 0 spiro atoms. The molecule has 0 radical (unpaired) electrons. The number of hydrogen-bond donors (Lipinski definition) is 3. The van der Waals surface area contributed by atoms with Crippen LogP contribution in [0.25, 0.3) is 0 Å². The van der Waals surface area contributed by atoms with E-state index in [0.717, 1.165) is 24.1 Å². The van der Waals surface area contributed by atoms with Crippen LogP contribution in [0.5, 0.6) is 11.5 Å². The van der Waals surface area contributed by atoms with Gasteiger partial charge in [0.2, 0.25) is 0 Å². The van der Waals surface area contributed by atoms with Crippen molar-refractivity contribution in [3.8, 4) is 11.5 Å². The summed E-state index contributed by atoms with van der Waals surface area (Å²) >= 11 is 0. The summed E-state index contributed by atoms with van der Waals surface area (Å²) in [4.78, 5) is 0. The summed E-state index contributed by atoms with van der Waals surface area (Å²) in [6, 6.07) is 3.30. The highest BCUT2D eigenvalue weighted by molar-refractivity contribution is 7.85. The van der Waals surface area contributed by atoms with Crippen LogP contribution in [0.1, 0.15) is 17.5 Å². The molecule has 20 heavy (non-hydrogen) atoms. The van der Waals surface area contributed by atoms with Crippen LogP contribution < -0.4 is 0 Å². The molecule has 0 aromatic heterocycles. The summed E-state index contributed by atoms with van der Waals surface area (Å²) in [6.07, 6.45) is 1.13. The van der Waals surface area contributed by atoms with Crippen molar-refractivity contribution >= 4 is 10.1 Å². The number of phenolic OH excluding ortho intramolecular Hbond substituents is 2. The number of benzene rings is 1. The minimum absolute atomic E-state index is 0.0821. The van der Waals surface area contributed by atoms with E-state index in [1.54, 1.807) is 0 Å². The molecule has 0 aliphatic carbocycles. The van der Waals surface area contributed by atoms with E-state index in [4.69, 9.17) is 4.55 Å². The standard InChI is InChI=1S/C13H19NO5S/c1-14(6-2-8-20(17,18)19)7-5-10-3-4-12(15)13(16)11(10)9-14/h3-4H,2,5-9H2,1H3,(H2-,15,16,17,18,19)/p+1. The summed E-state index contributed by atoms with van der Waals surface area (Å²) in [6.45, 7) is 1.97. The van der Waals surface area contributed by atoms with Gasteiger partial charge in [-0.25, -0.2) is 0 Å². The van der Waals surface area contributed by atoms with Crippen LogP contribution in [0.15, 0.2) is 12.1 Å². The van der Waals surface area contributed by atoms with Crippen molar-refractivity contribution in [3.63, 3.8) is 0 Å². The lowest BCUT2D eigenvalue weighted by Crippen LogP contribution is -2.48. The Morgan fingerprint density at radius 1 is 1.30 bits per heavy atom. The fourth-order valence-electron chi connectivity index (χ4n) is 2.75. The first-order valence-electron chi connectivity index (χ1n) is 6.52. The maximum Gasteiger partial charge on any atom is 0.265 e. The Morgan fingerprint density at radius 3 is 2.65 bits per heavy atom. The van der Waals surface area contributed by atoms with Gasteiger partial charge in [0.1, 0.15) is 6.54 Å². The Balaban J connectivity index is 2.11. The maximum absolute atomic E-state index is 10.7. The number of aromatic hydroxyl groups is 2. The van der Waals surface area contributed by atoms with Gasteiger partial charge in [0.25, 0.3) is 10.1 Å². The molecule has 0 amide bonds. The van der Waals surface area contributed by atoms with Crippen LogP contribution in [-0.4, -0.2) is 53.6 Å². The van der Waals surface area contributed by atoms with Gasteiger partial charge in [-0.05, 0) is 11.6 Å². The molecule has 3 N–H and O–H groups in total. The molecule has 1 heterocycles. The van der Waals surface area contributed by atoms with E-state index in [9.17, 15) is 18.6 Å². The second-order valence-electron chi connectivity index (χ2n) is 5.69. The smallest absolute Gasteiger partial charge is 0.265 e. The van der Waals surface area contributed by atoms with Crippen molar-refractivity contribution in [2.45, 2.75) is 19.4 Å². The second kappa shape index (κ2) is 5.23. The van der Waals surface area contributed by atoms with Crippen molar-refractivity contribution in [1.29, 1.82) is 0 Å². The predicted molar refractivity (Wildman–Crippen MR) is 74.1 cm³/mol. The zero-order valence-electron chi connectivity index (χ0n) is 11.4. The zero-order chi connectivity index (χ0) is 15.0. The third-order valence-electron chi connectivity index (χ3n) is 3.92. The molecule has 1 atom stereocenters. The van der Waals surface area contributed by atoms with Crippen molar-refractivity contribution in [1.82, 2.24) is 0 Å². The summed E-state index contributed by atoms with van der Waals surface area (Å²) in [5, 5.41) is 19.5. The number of phenols is 2. The Morgan fingerprint density at radius 2 is 2.00 bits per heavy atom. The second-order valence-corrected chi connectivity index (χ2v) is 7.26. The van der Waals surface area contributed by atoms with Gasteiger partial charge in [-0.15, -0.1) is 0 Å². The lowest BCUT2D eigenvalue weighted by molar-refractivity contribution is -0.924. The van der Waals surface area contributed by atoms with Gasteiger partial charge in [-0.2, -0.15) is 8.42 Å². The monoisotopic (exact) mass is 302 g/mol. The molecular weight excluding hydrogens is 282 g/mol. The highest BCUT2D eigenvalue weighted by Crippen LogP contribution is 2.36. The number of likely N-dealkylation sites (N-methyl/N-ethyl adjacent to an activating group) is 1. The van der Waals surface area contributed by atoms with E-state index in [1.807, 2.05) is 13.1 Å². The Labute approximate surface area is 118 Å². The maximum atomic E-state index is 10.7. The van der Waals surface area contributed by atoms with E-state index >= 15 is 0 Å². The summed E-state index contributed by atoms with van der Waals surface area (Å²) in [5.74, 6) is -0.462. The molecule has 0 bridgehead atoms. The van der Waals surface area contributed by atoms with Crippen LogP contribution in [0.2, 0.25) is 0 Å². The first-order chi connectivity index (χ1) is 9.20. The van der Waals surface area contributed by atoms with Gasteiger partial charge in [-0.3, -0.25) is 4.55 Å². The zero-order valence-corrected chi connectivity index (χ0v) is 12.2. The number of rotatable bonds is 4. The van der Waals surface area contributed by atoms with Gasteiger partial charge in [0.05, 0.1) is 31.5 Å². The van der Waals surface area contributed by atoms with Crippen molar-refractivity contribution in [3.05, 3.63) is 23.3 Å². The lowest BCUT2D eigenvalue weighted by atomic mass is 9.96. The van der Waals surface area contributed by atoms with Crippen molar-refractivity contribution in [2.24, 2.45) is 0 Å².